The van der Waals surface area contributed by atoms with Gasteiger partial charge in [0.2, 0.25) is 5.91 Å². The predicted octanol–water partition coefficient (Wildman–Crippen LogP) is 1.01. The molecule has 21 heavy (non-hydrogen) atoms. The zero-order chi connectivity index (χ0) is 15.2. The van der Waals surface area contributed by atoms with Crippen molar-refractivity contribution >= 4 is 23.4 Å². The number of para-hydroxylation sites is 1. The fraction of sp³-hybridized carbons (Fsp3) is 0.231. The van der Waals surface area contributed by atoms with Crippen molar-refractivity contribution in [1.82, 2.24) is 10.3 Å². The van der Waals surface area contributed by atoms with Gasteiger partial charge in [-0.25, -0.2) is 9.42 Å². The number of ether oxygens (including phenoxy) is 1. The normalized spacial score (nSPS) is 10.1. The molecule has 0 atom stereocenters. The summed E-state index contributed by atoms with van der Waals surface area (Å²) in [4.78, 5) is 23.7. The number of nitrogens with two attached hydrogens (primary N) is 1. The van der Waals surface area contributed by atoms with Gasteiger partial charge in [-0.05, 0) is 24.2 Å². The first kappa shape index (κ1) is 14.5. The first-order valence-corrected chi connectivity index (χ1v) is 6.24. The zero-order valence-electron chi connectivity index (χ0n) is 11.3. The van der Waals surface area contributed by atoms with E-state index >= 15 is 0 Å². The van der Waals surface area contributed by atoms with E-state index in [1.165, 1.54) is 0 Å². The van der Waals surface area contributed by atoms with E-state index in [1.54, 1.807) is 31.2 Å². The molecule has 0 aliphatic heterocycles. The Morgan fingerprint density at radius 2 is 2.10 bits per heavy atom. The van der Waals surface area contributed by atoms with Crippen molar-refractivity contribution in [3.8, 4) is 0 Å². The number of carbonyl (C=O) groups excluding carboxylic acids is 2. The Bertz CT molecular complexity index is 653. The summed E-state index contributed by atoms with van der Waals surface area (Å²) in [5, 5.41) is 9.52. The van der Waals surface area contributed by atoms with Crippen LogP contribution in [-0.2, 0) is 16.0 Å². The second-order valence-corrected chi connectivity index (χ2v) is 4.09. The van der Waals surface area contributed by atoms with Gasteiger partial charge < -0.3 is 15.8 Å². The Labute approximate surface area is 120 Å². The van der Waals surface area contributed by atoms with Gasteiger partial charge in [-0.1, -0.05) is 17.3 Å². The maximum atomic E-state index is 11.9. The highest BCUT2D eigenvalue weighted by molar-refractivity contribution is 6.01. The van der Waals surface area contributed by atoms with Gasteiger partial charge in [-0.3, -0.25) is 4.79 Å². The molecule has 0 aliphatic carbocycles. The first-order chi connectivity index (χ1) is 10.1. The minimum Gasteiger partial charge on any atom is -0.462 e. The van der Waals surface area contributed by atoms with E-state index in [0.717, 1.165) is 0 Å². The summed E-state index contributed by atoms with van der Waals surface area (Å²) >= 11 is 0. The predicted molar refractivity (Wildman–Crippen MR) is 73.4 cm³/mol. The van der Waals surface area contributed by atoms with Crippen LogP contribution in [0.15, 0.2) is 28.9 Å². The number of anilines is 2. The van der Waals surface area contributed by atoms with Gasteiger partial charge in [0, 0.05) is 0 Å². The summed E-state index contributed by atoms with van der Waals surface area (Å²) in [6.07, 6.45) is -0.105. The number of nitrogens with one attached hydrogen (secondary N) is 1. The topological polar surface area (TPSA) is 120 Å². The lowest BCUT2D eigenvalue weighted by molar-refractivity contribution is -0.115. The van der Waals surface area contributed by atoms with E-state index in [-0.39, 0.29) is 30.1 Å². The SMILES string of the molecule is CCOC(=O)c1ccccc1NC(=O)Cc1nonc1N. The number of nitrogen functional groups attached to an aromatic ring is 1. The van der Waals surface area contributed by atoms with Crippen molar-refractivity contribution in [2.75, 3.05) is 17.7 Å². The van der Waals surface area contributed by atoms with Crippen LogP contribution in [0.5, 0.6) is 0 Å². The second-order valence-electron chi connectivity index (χ2n) is 4.09. The molecule has 1 heterocycles. The molecular weight excluding hydrogens is 276 g/mol. The van der Waals surface area contributed by atoms with Crippen molar-refractivity contribution in [1.29, 1.82) is 0 Å². The number of aromatic nitrogens is 2. The number of nitrogens with zero attached hydrogens (tertiary/aromatic N) is 2. The monoisotopic (exact) mass is 290 g/mol. The van der Waals surface area contributed by atoms with Gasteiger partial charge in [-0.15, -0.1) is 0 Å². The Hall–Kier alpha value is -2.90. The van der Waals surface area contributed by atoms with Gasteiger partial charge in [0.25, 0.3) is 0 Å². The van der Waals surface area contributed by atoms with E-state index < -0.39 is 11.9 Å². The van der Waals surface area contributed by atoms with Crippen LogP contribution >= 0.6 is 0 Å². The third-order valence-electron chi connectivity index (χ3n) is 2.61. The standard InChI is InChI=1S/C13H14N4O4/c1-2-20-13(19)8-5-3-4-6-9(8)15-11(18)7-10-12(14)17-21-16-10/h3-6H,2,7H2,1H3,(H2,14,17)(H,15,18). The number of rotatable bonds is 5. The number of esters is 1. The Morgan fingerprint density at radius 1 is 1.33 bits per heavy atom. The molecule has 0 bridgehead atoms. The second kappa shape index (κ2) is 6.51. The van der Waals surface area contributed by atoms with Gasteiger partial charge in [0.05, 0.1) is 24.3 Å². The molecule has 0 fully saturated rings. The Kier molecular flexibility index (Phi) is 4.50. The number of amides is 1. The van der Waals surface area contributed by atoms with Crippen molar-refractivity contribution < 1.29 is 19.0 Å². The third-order valence-corrected chi connectivity index (χ3v) is 2.61. The highest BCUT2D eigenvalue weighted by Gasteiger charge is 2.16. The maximum Gasteiger partial charge on any atom is 0.340 e. The molecule has 2 rings (SSSR count). The fourth-order valence-corrected chi connectivity index (χ4v) is 1.66. The lowest BCUT2D eigenvalue weighted by Gasteiger charge is -2.09. The molecular formula is C13H14N4O4. The van der Waals surface area contributed by atoms with Crippen LogP contribution in [0, 0.1) is 0 Å². The van der Waals surface area contributed by atoms with E-state index in [2.05, 4.69) is 20.3 Å². The summed E-state index contributed by atoms with van der Waals surface area (Å²) in [5.74, 6) is -0.839. The third kappa shape index (κ3) is 3.56. The van der Waals surface area contributed by atoms with Gasteiger partial charge >= 0.3 is 5.97 Å². The summed E-state index contributed by atoms with van der Waals surface area (Å²) in [5.41, 5.74) is 6.35. The number of hydrogen-bond donors (Lipinski definition) is 2. The average molecular weight is 290 g/mol. The summed E-state index contributed by atoms with van der Waals surface area (Å²) in [7, 11) is 0. The van der Waals surface area contributed by atoms with Crippen LogP contribution in [0.2, 0.25) is 0 Å². The number of carbonyl (C=O) groups is 2. The smallest absolute Gasteiger partial charge is 0.340 e. The fourth-order valence-electron chi connectivity index (χ4n) is 1.66. The lowest BCUT2D eigenvalue weighted by atomic mass is 10.1. The Balaban J connectivity index is 2.10. The molecule has 110 valence electrons. The average Bonchev–Trinajstić information content (AvgIpc) is 2.85. The molecule has 0 aliphatic rings. The summed E-state index contributed by atoms with van der Waals surface area (Å²) in [6, 6.07) is 6.56. The quantitative estimate of drug-likeness (QED) is 0.788. The molecule has 8 heteroatoms. The molecule has 0 saturated heterocycles. The van der Waals surface area contributed by atoms with E-state index in [0.29, 0.717) is 5.69 Å². The summed E-state index contributed by atoms with van der Waals surface area (Å²) < 4.78 is 9.34. The minimum absolute atomic E-state index is 0.0591. The van der Waals surface area contributed by atoms with E-state index in [1.807, 2.05) is 0 Å². The molecule has 1 amide bonds. The van der Waals surface area contributed by atoms with Crippen LogP contribution in [0.25, 0.3) is 0 Å². The lowest BCUT2D eigenvalue weighted by Crippen LogP contribution is -2.18. The summed E-state index contributed by atoms with van der Waals surface area (Å²) in [6.45, 7) is 1.96. The largest absolute Gasteiger partial charge is 0.462 e. The highest BCUT2D eigenvalue weighted by Crippen LogP contribution is 2.17. The maximum absolute atomic E-state index is 11.9. The van der Waals surface area contributed by atoms with Crippen LogP contribution in [0.4, 0.5) is 11.5 Å². The van der Waals surface area contributed by atoms with Crippen LogP contribution in [-0.4, -0.2) is 28.8 Å². The molecule has 3 N–H and O–H groups in total. The first-order valence-electron chi connectivity index (χ1n) is 6.24. The molecule has 0 unspecified atom stereocenters. The van der Waals surface area contributed by atoms with E-state index in [9.17, 15) is 9.59 Å². The number of benzene rings is 1. The molecule has 0 radical (unpaired) electrons. The molecule has 2 aromatic rings. The molecule has 0 saturated carbocycles. The highest BCUT2D eigenvalue weighted by atomic mass is 16.6. The van der Waals surface area contributed by atoms with Gasteiger partial charge in [0.1, 0.15) is 5.69 Å². The minimum atomic E-state index is -0.504. The van der Waals surface area contributed by atoms with Crippen LogP contribution in [0.3, 0.4) is 0 Å². The van der Waals surface area contributed by atoms with Gasteiger partial charge in [-0.2, -0.15) is 0 Å². The molecule has 1 aromatic heterocycles. The molecule has 0 spiro atoms. The van der Waals surface area contributed by atoms with Crippen molar-refractivity contribution in [3.05, 3.63) is 35.5 Å². The Morgan fingerprint density at radius 3 is 2.76 bits per heavy atom. The van der Waals surface area contributed by atoms with Crippen LogP contribution in [0.1, 0.15) is 23.0 Å². The van der Waals surface area contributed by atoms with E-state index in [4.69, 9.17) is 10.5 Å². The number of hydrogen-bond acceptors (Lipinski definition) is 7. The molecule has 1 aromatic carbocycles. The van der Waals surface area contributed by atoms with Crippen molar-refractivity contribution in [2.45, 2.75) is 13.3 Å². The van der Waals surface area contributed by atoms with Crippen LogP contribution < -0.4 is 11.1 Å². The molecule has 8 nitrogen and oxygen atoms in total. The van der Waals surface area contributed by atoms with Crippen molar-refractivity contribution in [3.63, 3.8) is 0 Å². The zero-order valence-corrected chi connectivity index (χ0v) is 11.3. The van der Waals surface area contributed by atoms with Crippen molar-refractivity contribution in [2.24, 2.45) is 0 Å². The van der Waals surface area contributed by atoms with Gasteiger partial charge in [0.15, 0.2) is 5.82 Å².